The van der Waals surface area contributed by atoms with E-state index in [0.29, 0.717) is 52.4 Å². The molecular weight excluding hydrogens is 645 g/mol. The van der Waals surface area contributed by atoms with Gasteiger partial charge >= 0.3 is 88.7 Å². The van der Waals surface area contributed by atoms with Crippen LogP contribution in [0.4, 0.5) is 0 Å². The smallest absolute Gasteiger partial charge is 0.550 e. The number of rotatable bonds is 9. The quantitative estimate of drug-likeness (QED) is 0.172. The molecule has 0 aliphatic carbocycles. The van der Waals surface area contributed by atoms with Gasteiger partial charge in [0.2, 0.25) is 0 Å². The predicted octanol–water partition coefficient (Wildman–Crippen LogP) is -7.87. The van der Waals surface area contributed by atoms with E-state index >= 15 is 0 Å². The van der Waals surface area contributed by atoms with Crippen LogP contribution in [0.25, 0.3) is 0 Å². The molecule has 0 spiro atoms. The number of carbonyl (C=O) groups is 4. The van der Waals surface area contributed by atoms with Crippen LogP contribution in [0.3, 0.4) is 0 Å². The summed E-state index contributed by atoms with van der Waals surface area (Å²) < 4.78 is 0. The third-order valence-electron chi connectivity index (χ3n) is 8.64. The topological polar surface area (TPSA) is 187 Å². The first-order chi connectivity index (χ1) is 21.4. The van der Waals surface area contributed by atoms with Crippen molar-refractivity contribution < 1.29 is 123 Å². The maximum absolute atomic E-state index is 12.5. The first-order valence-corrected chi connectivity index (χ1v) is 14.5. The Bertz CT molecular complexity index is 1870. The standard InChI is InChI=1S/C34H32N4O7.3Na/c1-6-18-15(3)23-11-24-16(4)20(8-9-29(40)41)32(37-24)21(10-30(42)43)33-31(34(44)45)17(5)25(38-33)12-27-19(7-2)22(14-39)28(36-27)13-26(18)35-23;;;/h6,11-14,16,20H,1,7-10H2,2-5H3,(H,40,41)(H,42,43)(H,44,45);;;/q;3*+1/p-3/t16-,20-;;;/m0.../s1. The third kappa shape index (κ3) is 7.85. The molecule has 5 aliphatic rings. The van der Waals surface area contributed by atoms with E-state index in [1.54, 1.807) is 24.3 Å². The SMILES string of the molecule is C=CC1=C(C)C2=CC3=NC(=C(CC(=O)[O-])C4=NC(=CC5=NC(=CC1=N2)C(C=O)=C5CC)C(C)=C4C(=O)[O-])[C@@H](CCC(=O)[O-])[C@@H]3C.[Na+].[Na+].[Na+]. The fraction of sp³-hybridized carbons (Fsp3) is 0.294. The zero-order valence-corrected chi connectivity index (χ0v) is 34.2. The van der Waals surface area contributed by atoms with Crippen LogP contribution in [0.5, 0.6) is 0 Å². The number of allylic oxidation sites excluding steroid dienone is 10. The van der Waals surface area contributed by atoms with E-state index in [9.17, 15) is 34.5 Å². The normalized spacial score (nSPS) is 21.1. The molecule has 0 aromatic heterocycles. The summed E-state index contributed by atoms with van der Waals surface area (Å²) in [6, 6.07) is 0. The molecule has 0 fully saturated rings. The molecule has 0 saturated heterocycles. The number of carbonyl (C=O) groups excluding carboxylic acids is 4. The first-order valence-electron chi connectivity index (χ1n) is 14.5. The van der Waals surface area contributed by atoms with Crippen molar-refractivity contribution in [2.45, 2.75) is 53.4 Å². The van der Waals surface area contributed by atoms with Gasteiger partial charge < -0.3 is 29.7 Å². The van der Waals surface area contributed by atoms with Gasteiger partial charge in [-0.25, -0.2) is 15.0 Å². The van der Waals surface area contributed by atoms with Crippen LogP contribution < -0.4 is 104 Å². The monoisotopic (exact) mass is 674 g/mol. The van der Waals surface area contributed by atoms with E-state index in [1.165, 1.54) is 6.92 Å². The Balaban J connectivity index is 0.00000267. The van der Waals surface area contributed by atoms with Gasteiger partial charge in [0.1, 0.15) is 0 Å². The van der Waals surface area contributed by atoms with Gasteiger partial charge in [0.15, 0.2) is 6.29 Å². The van der Waals surface area contributed by atoms with E-state index in [0.717, 1.165) is 11.1 Å². The molecule has 0 radical (unpaired) electrons. The summed E-state index contributed by atoms with van der Waals surface area (Å²) in [6.45, 7) is 11.0. The number of hydrogen-bond donors (Lipinski definition) is 0. The van der Waals surface area contributed by atoms with Gasteiger partial charge in [-0.05, 0) is 68.1 Å². The molecule has 5 aliphatic heterocycles. The Hall–Kier alpha value is -2.32. The number of fused-ring (bicyclic) bond motifs is 4. The summed E-state index contributed by atoms with van der Waals surface area (Å²) in [5, 5.41) is 36.1. The van der Waals surface area contributed by atoms with Crippen molar-refractivity contribution in [2.24, 2.45) is 31.8 Å². The summed E-state index contributed by atoms with van der Waals surface area (Å²) >= 11 is 0. The van der Waals surface area contributed by atoms with Crippen LogP contribution in [0, 0.1) is 11.8 Å². The summed E-state index contributed by atoms with van der Waals surface area (Å²) in [6.07, 6.45) is 6.76. The van der Waals surface area contributed by atoms with E-state index in [-0.39, 0.29) is 135 Å². The number of aldehydes is 1. The average Bonchev–Trinajstić information content (AvgIpc) is 3.67. The molecule has 14 heteroatoms. The summed E-state index contributed by atoms with van der Waals surface area (Å²) in [7, 11) is 0. The molecule has 0 aromatic carbocycles. The van der Waals surface area contributed by atoms with E-state index in [4.69, 9.17) is 15.0 Å². The van der Waals surface area contributed by atoms with Gasteiger partial charge in [-0.2, -0.15) is 0 Å². The molecular formula is C34H29N4Na3O7. The molecule has 5 rings (SSSR count). The second-order valence-corrected chi connectivity index (χ2v) is 11.2. The van der Waals surface area contributed by atoms with Gasteiger partial charge in [-0.15, -0.1) is 0 Å². The molecule has 8 bridgehead atoms. The summed E-state index contributed by atoms with van der Waals surface area (Å²) in [5.41, 5.74) is 4.85. The van der Waals surface area contributed by atoms with Crippen LogP contribution >= 0.6 is 0 Å². The van der Waals surface area contributed by atoms with Gasteiger partial charge in [0.25, 0.3) is 0 Å². The summed E-state index contributed by atoms with van der Waals surface area (Å²) in [5.74, 6) is -5.40. The molecule has 0 N–H and O–H groups in total. The zero-order valence-electron chi connectivity index (χ0n) is 28.2. The molecule has 48 heavy (non-hydrogen) atoms. The fourth-order valence-corrected chi connectivity index (χ4v) is 6.29. The number of carboxylic acid groups (broad SMARTS) is 3. The third-order valence-corrected chi connectivity index (χ3v) is 8.64. The molecule has 0 saturated carbocycles. The van der Waals surface area contributed by atoms with Gasteiger partial charge in [-0.3, -0.25) is 9.79 Å². The maximum atomic E-state index is 12.5. The number of nitrogens with zero attached hydrogens (tertiary/aromatic N) is 4. The number of carboxylic acids is 3. The van der Waals surface area contributed by atoms with Crippen LogP contribution in [-0.2, 0) is 19.2 Å². The molecule has 230 valence electrons. The van der Waals surface area contributed by atoms with E-state index in [2.05, 4.69) is 11.6 Å². The largest absolute Gasteiger partial charge is 1.00 e. The van der Waals surface area contributed by atoms with Gasteiger partial charge in [-0.1, -0.05) is 26.5 Å². The minimum Gasteiger partial charge on any atom is -0.550 e. The van der Waals surface area contributed by atoms with Crippen molar-refractivity contribution >= 4 is 47.0 Å². The molecule has 2 atom stereocenters. The predicted molar refractivity (Wildman–Crippen MR) is 162 cm³/mol. The maximum Gasteiger partial charge on any atom is 1.00 e. The first kappa shape index (κ1) is 41.8. The minimum absolute atomic E-state index is 0. The Morgan fingerprint density at radius 2 is 1.46 bits per heavy atom. The Morgan fingerprint density at radius 3 is 2.02 bits per heavy atom. The number of aliphatic imine (C=N–C) groups is 4. The average molecular weight is 675 g/mol. The Morgan fingerprint density at radius 1 is 0.833 bits per heavy atom. The van der Waals surface area contributed by atoms with Crippen LogP contribution in [-0.4, -0.2) is 47.0 Å². The van der Waals surface area contributed by atoms with E-state index in [1.807, 2.05) is 20.8 Å². The molecule has 0 aromatic rings. The summed E-state index contributed by atoms with van der Waals surface area (Å²) in [4.78, 5) is 67.3. The Kier molecular flexibility index (Phi) is 14.9. The second kappa shape index (κ2) is 17.1. The van der Waals surface area contributed by atoms with Crippen LogP contribution in [0.2, 0.25) is 0 Å². The number of aliphatic carboxylic acids is 3. The van der Waals surface area contributed by atoms with E-state index < -0.39 is 36.2 Å². The second-order valence-electron chi connectivity index (χ2n) is 11.2. The van der Waals surface area contributed by atoms with Crippen molar-refractivity contribution in [3.05, 3.63) is 92.7 Å². The van der Waals surface area contributed by atoms with Gasteiger partial charge in [0.05, 0.1) is 45.9 Å². The Labute approximate surface area is 344 Å². The van der Waals surface area contributed by atoms with Crippen molar-refractivity contribution in [3.63, 3.8) is 0 Å². The van der Waals surface area contributed by atoms with Crippen molar-refractivity contribution in [1.82, 2.24) is 0 Å². The molecule has 0 unspecified atom stereocenters. The zero-order chi connectivity index (χ0) is 32.7. The van der Waals surface area contributed by atoms with Crippen molar-refractivity contribution in [3.8, 4) is 0 Å². The fourth-order valence-electron chi connectivity index (χ4n) is 6.29. The van der Waals surface area contributed by atoms with Gasteiger partial charge in [0, 0.05) is 58.2 Å². The van der Waals surface area contributed by atoms with Crippen molar-refractivity contribution in [1.29, 1.82) is 0 Å². The van der Waals surface area contributed by atoms with Crippen LogP contribution in [0.1, 0.15) is 53.4 Å². The molecule has 5 heterocycles. The molecule has 11 nitrogen and oxygen atoms in total. The van der Waals surface area contributed by atoms with Crippen molar-refractivity contribution in [2.75, 3.05) is 0 Å². The number of hydrogen-bond acceptors (Lipinski definition) is 11. The van der Waals surface area contributed by atoms with Crippen LogP contribution in [0.15, 0.2) is 113 Å². The molecule has 0 amide bonds. The minimum atomic E-state index is -1.58.